The van der Waals surface area contributed by atoms with E-state index in [1.165, 1.54) is 0 Å². The van der Waals surface area contributed by atoms with Crippen LogP contribution in [0.1, 0.15) is 43.9 Å². The summed E-state index contributed by atoms with van der Waals surface area (Å²) >= 11 is 0. The molecule has 4 heteroatoms. The Balaban J connectivity index is 2.28. The Kier molecular flexibility index (Phi) is 7.03. The molecule has 146 valence electrons. The van der Waals surface area contributed by atoms with E-state index in [0.29, 0.717) is 0 Å². The standard InChI is InChI=1S/C23H32N2O2/c1-8-23(5,26-7)19-11-10-12-20(15-19)27-22-14-17(3)21(13-18(22)4)24-16-25(6)9-2/h10-16H,8-9H2,1-7H3. The Morgan fingerprint density at radius 2 is 1.85 bits per heavy atom. The predicted molar refractivity (Wildman–Crippen MR) is 114 cm³/mol. The molecule has 0 radical (unpaired) electrons. The SMILES string of the molecule is CCN(C)C=Nc1cc(C)c(Oc2cccc(C(C)(CC)OC)c2)cc1C. The smallest absolute Gasteiger partial charge is 0.130 e. The van der Waals surface area contributed by atoms with E-state index in [0.717, 1.165) is 46.8 Å². The van der Waals surface area contributed by atoms with Gasteiger partial charge in [-0.15, -0.1) is 0 Å². The van der Waals surface area contributed by atoms with E-state index in [9.17, 15) is 0 Å². The molecular formula is C23H32N2O2. The lowest BCUT2D eigenvalue weighted by atomic mass is 9.93. The normalized spacial score (nSPS) is 13.6. The summed E-state index contributed by atoms with van der Waals surface area (Å²) in [5.74, 6) is 1.66. The van der Waals surface area contributed by atoms with Crippen molar-refractivity contribution in [2.45, 2.75) is 46.6 Å². The first-order chi connectivity index (χ1) is 12.8. The number of methoxy groups -OCH3 is 1. The minimum atomic E-state index is -0.311. The van der Waals surface area contributed by atoms with Gasteiger partial charge < -0.3 is 14.4 Å². The number of benzene rings is 2. The van der Waals surface area contributed by atoms with Crippen molar-refractivity contribution < 1.29 is 9.47 Å². The lowest BCUT2D eigenvalue weighted by molar-refractivity contribution is -0.00152. The highest BCUT2D eigenvalue weighted by Gasteiger charge is 2.24. The van der Waals surface area contributed by atoms with E-state index in [2.05, 4.69) is 57.0 Å². The second-order valence-electron chi connectivity index (χ2n) is 7.14. The highest BCUT2D eigenvalue weighted by Crippen LogP contribution is 2.34. The summed E-state index contributed by atoms with van der Waals surface area (Å²) in [6, 6.07) is 12.3. The molecule has 0 aliphatic carbocycles. The van der Waals surface area contributed by atoms with Gasteiger partial charge in [0.1, 0.15) is 11.5 Å². The number of hydrogen-bond donors (Lipinski definition) is 0. The number of hydrogen-bond acceptors (Lipinski definition) is 3. The van der Waals surface area contributed by atoms with Crippen LogP contribution in [0, 0.1) is 13.8 Å². The first kappa shape index (κ1) is 21.0. The number of aliphatic imine (C=N–C) groups is 1. The minimum absolute atomic E-state index is 0.311. The number of aryl methyl sites for hydroxylation is 2. The minimum Gasteiger partial charge on any atom is -0.457 e. The van der Waals surface area contributed by atoms with Crippen molar-refractivity contribution >= 4 is 12.0 Å². The molecule has 0 aliphatic rings. The topological polar surface area (TPSA) is 34.1 Å². The highest BCUT2D eigenvalue weighted by molar-refractivity contribution is 5.64. The van der Waals surface area contributed by atoms with Gasteiger partial charge in [0.05, 0.1) is 17.6 Å². The predicted octanol–water partition coefficient (Wildman–Crippen LogP) is 5.98. The van der Waals surface area contributed by atoms with Gasteiger partial charge in [0.25, 0.3) is 0 Å². The maximum absolute atomic E-state index is 6.20. The molecule has 1 atom stereocenters. The largest absolute Gasteiger partial charge is 0.457 e. The van der Waals surface area contributed by atoms with Gasteiger partial charge in [-0.1, -0.05) is 19.1 Å². The van der Waals surface area contributed by atoms with Crippen LogP contribution in [0.5, 0.6) is 11.5 Å². The maximum atomic E-state index is 6.20. The van der Waals surface area contributed by atoms with Crippen molar-refractivity contribution in [2.75, 3.05) is 20.7 Å². The van der Waals surface area contributed by atoms with Crippen molar-refractivity contribution in [1.29, 1.82) is 0 Å². The third-order valence-corrected chi connectivity index (χ3v) is 5.18. The van der Waals surface area contributed by atoms with Crippen LogP contribution in [-0.2, 0) is 10.3 Å². The van der Waals surface area contributed by atoms with Gasteiger partial charge in [-0.05, 0) is 75.1 Å². The first-order valence-corrected chi connectivity index (χ1v) is 9.52. The van der Waals surface area contributed by atoms with E-state index >= 15 is 0 Å². The molecule has 0 amide bonds. The van der Waals surface area contributed by atoms with Crippen molar-refractivity contribution in [3.63, 3.8) is 0 Å². The van der Waals surface area contributed by atoms with Crippen LogP contribution in [-0.4, -0.2) is 31.9 Å². The van der Waals surface area contributed by atoms with E-state index < -0.39 is 0 Å². The quantitative estimate of drug-likeness (QED) is 0.425. The second-order valence-corrected chi connectivity index (χ2v) is 7.14. The van der Waals surface area contributed by atoms with Crippen molar-refractivity contribution in [2.24, 2.45) is 4.99 Å². The van der Waals surface area contributed by atoms with Gasteiger partial charge in [-0.3, -0.25) is 0 Å². The van der Waals surface area contributed by atoms with Gasteiger partial charge >= 0.3 is 0 Å². The summed E-state index contributed by atoms with van der Waals surface area (Å²) < 4.78 is 11.9. The zero-order valence-corrected chi connectivity index (χ0v) is 17.7. The third-order valence-electron chi connectivity index (χ3n) is 5.18. The average molecular weight is 369 g/mol. The Morgan fingerprint density at radius 1 is 1.11 bits per heavy atom. The monoisotopic (exact) mass is 368 g/mol. The zero-order chi connectivity index (χ0) is 20.0. The molecule has 2 rings (SSSR count). The molecule has 2 aromatic rings. The Hall–Kier alpha value is -2.33. The second kappa shape index (κ2) is 9.05. The van der Waals surface area contributed by atoms with Crippen LogP contribution in [0.4, 0.5) is 5.69 Å². The zero-order valence-electron chi connectivity index (χ0n) is 17.7. The lowest BCUT2D eigenvalue weighted by Crippen LogP contribution is -2.22. The average Bonchev–Trinajstić information content (AvgIpc) is 2.68. The number of ether oxygens (including phenoxy) is 2. The van der Waals surface area contributed by atoms with E-state index in [4.69, 9.17) is 9.47 Å². The summed E-state index contributed by atoms with van der Waals surface area (Å²) in [6.45, 7) is 11.4. The lowest BCUT2D eigenvalue weighted by Gasteiger charge is -2.27. The van der Waals surface area contributed by atoms with Crippen LogP contribution in [0.3, 0.4) is 0 Å². The fraction of sp³-hybridized carbons (Fsp3) is 0.435. The summed E-state index contributed by atoms with van der Waals surface area (Å²) in [6.07, 6.45) is 2.76. The van der Waals surface area contributed by atoms with Gasteiger partial charge in [0.2, 0.25) is 0 Å². The van der Waals surface area contributed by atoms with Crippen LogP contribution in [0.25, 0.3) is 0 Å². The molecule has 0 aliphatic heterocycles. The number of nitrogens with zero attached hydrogens (tertiary/aromatic N) is 2. The third kappa shape index (κ3) is 5.10. The molecule has 27 heavy (non-hydrogen) atoms. The first-order valence-electron chi connectivity index (χ1n) is 9.52. The Morgan fingerprint density at radius 3 is 2.48 bits per heavy atom. The Bertz CT molecular complexity index is 795. The summed E-state index contributed by atoms with van der Waals surface area (Å²) in [5, 5.41) is 0. The van der Waals surface area contributed by atoms with E-state index in [1.54, 1.807) is 7.11 Å². The molecule has 0 aromatic heterocycles. The van der Waals surface area contributed by atoms with Crippen molar-refractivity contribution in [3.8, 4) is 11.5 Å². The summed E-state index contributed by atoms with van der Waals surface area (Å²) in [5.41, 5.74) is 3.91. The highest BCUT2D eigenvalue weighted by atomic mass is 16.5. The molecule has 2 aromatic carbocycles. The van der Waals surface area contributed by atoms with Gasteiger partial charge in [-0.2, -0.15) is 0 Å². The fourth-order valence-corrected chi connectivity index (χ4v) is 2.75. The molecule has 0 N–H and O–H groups in total. The maximum Gasteiger partial charge on any atom is 0.130 e. The number of rotatable bonds is 8. The molecule has 1 unspecified atom stereocenters. The van der Waals surface area contributed by atoms with Crippen LogP contribution in [0.15, 0.2) is 41.4 Å². The van der Waals surface area contributed by atoms with Crippen LogP contribution < -0.4 is 4.74 Å². The Labute approximate surface area is 163 Å². The molecule has 0 spiro atoms. The molecule has 0 heterocycles. The molecule has 0 bridgehead atoms. The van der Waals surface area contributed by atoms with Crippen LogP contribution >= 0.6 is 0 Å². The van der Waals surface area contributed by atoms with Gasteiger partial charge in [0.15, 0.2) is 0 Å². The molecule has 0 saturated heterocycles. The van der Waals surface area contributed by atoms with Gasteiger partial charge in [-0.25, -0.2) is 4.99 Å². The molecule has 4 nitrogen and oxygen atoms in total. The fourth-order valence-electron chi connectivity index (χ4n) is 2.75. The summed E-state index contributed by atoms with van der Waals surface area (Å²) in [4.78, 5) is 6.63. The molecular weight excluding hydrogens is 336 g/mol. The molecule has 0 saturated carbocycles. The van der Waals surface area contributed by atoms with Crippen LogP contribution in [0.2, 0.25) is 0 Å². The molecule has 0 fully saturated rings. The van der Waals surface area contributed by atoms with E-state index in [1.807, 2.05) is 37.3 Å². The van der Waals surface area contributed by atoms with E-state index in [-0.39, 0.29) is 5.60 Å². The van der Waals surface area contributed by atoms with Gasteiger partial charge in [0, 0.05) is 20.7 Å². The van der Waals surface area contributed by atoms with Crippen molar-refractivity contribution in [3.05, 3.63) is 53.1 Å². The summed E-state index contributed by atoms with van der Waals surface area (Å²) in [7, 11) is 3.76. The van der Waals surface area contributed by atoms with Crippen molar-refractivity contribution in [1.82, 2.24) is 4.90 Å².